The van der Waals surface area contributed by atoms with Crippen LogP contribution in [-0.2, 0) is 19.1 Å². The molecule has 1 aromatic heterocycles. The van der Waals surface area contributed by atoms with E-state index in [4.69, 9.17) is 0 Å². The van der Waals surface area contributed by atoms with Crippen molar-refractivity contribution in [3.63, 3.8) is 0 Å². The number of carbonyl (C=O) groups excluding carboxylic acids is 2. The lowest BCUT2D eigenvalue weighted by molar-refractivity contribution is -0.139. The van der Waals surface area contributed by atoms with E-state index in [0.717, 1.165) is 5.92 Å². The van der Waals surface area contributed by atoms with Gasteiger partial charge in [0, 0.05) is 24.5 Å². The Labute approximate surface area is 173 Å². The Bertz CT molecular complexity index is 619. The van der Waals surface area contributed by atoms with Crippen LogP contribution in [0, 0.1) is 5.92 Å². The Balaban J connectivity index is 0.000000507. The quantitative estimate of drug-likeness (QED) is 0.440. The molecule has 1 N–H and O–H groups in total. The second-order valence-electron chi connectivity index (χ2n) is 8.04. The first-order valence-electron chi connectivity index (χ1n) is 9.41. The Hall–Kier alpha value is -1.73. The standard InChI is InChI=1S/C13H20N2S.C5H10O2.C3H6O2/c1-8(2)7-11-9(3)10(4)12(15-11)13-14-5-6-16-13;1-5(2,3)7-4-6;1-3(4)5-2/h5-6,8,11-12,15H,7H2,1-4H3;4H,1-3H3;1-2H3/t11?,12-;;/m1../s1. The van der Waals surface area contributed by atoms with Crippen molar-refractivity contribution in [2.24, 2.45) is 5.92 Å². The molecule has 0 fully saturated rings. The van der Waals surface area contributed by atoms with Gasteiger partial charge in [-0.3, -0.25) is 14.9 Å². The minimum absolute atomic E-state index is 0.245. The van der Waals surface area contributed by atoms with Gasteiger partial charge in [-0.2, -0.15) is 0 Å². The summed E-state index contributed by atoms with van der Waals surface area (Å²) in [6.07, 6.45) is 3.10. The van der Waals surface area contributed by atoms with E-state index in [0.29, 0.717) is 18.6 Å². The monoisotopic (exact) mass is 412 g/mol. The van der Waals surface area contributed by atoms with Gasteiger partial charge in [-0.25, -0.2) is 4.98 Å². The van der Waals surface area contributed by atoms with Crippen molar-refractivity contribution in [3.8, 4) is 0 Å². The van der Waals surface area contributed by atoms with E-state index in [9.17, 15) is 9.59 Å². The van der Waals surface area contributed by atoms with Gasteiger partial charge in [-0.05, 0) is 52.5 Å². The molecular weight excluding hydrogens is 376 g/mol. The van der Waals surface area contributed by atoms with Gasteiger partial charge in [0.15, 0.2) is 0 Å². The molecule has 0 radical (unpaired) electrons. The zero-order chi connectivity index (χ0) is 21.9. The average Bonchev–Trinajstić information content (AvgIpc) is 3.19. The van der Waals surface area contributed by atoms with Crippen molar-refractivity contribution >= 4 is 23.8 Å². The summed E-state index contributed by atoms with van der Waals surface area (Å²) in [6.45, 7) is 16.3. The van der Waals surface area contributed by atoms with Crippen LogP contribution in [0.1, 0.15) is 72.9 Å². The van der Waals surface area contributed by atoms with Gasteiger partial charge in [0.05, 0.1) is 13.2 Å². The summed E-state index contributed by atoms with van der Waals surface area (Å²) in [5, 5.41) is 6.95. The number of esters is 1. The summed E-state index contributed by atoms with van der Waals surface area (Å²) in [5.41, 5.74) is 2.65. The van der Waals surface area contributed by atoms with E-state index in [-0.39, 0.29) is 11.6 Å². The third-order valence-electron chi connectivity index (χ3n) is 4.04. The molecule has 2 atom stereocenters. The van der Waals surface area contributed by atoms with Crippen LogP contribution >= 0.6 is 11.3 Å². The Morgan fingerprint density at radius 1 is 1.32 bits per heavy atom. The molecule has 0 bridgehead atoms. The molecule has 7 heteroatoms. The molecule has 0 saturated heterocycles. The second-order valence-corrected chi connectivity index (χ2v) is 8.97. The second kappa shape index (κ2) is 12.7. The van der Waals surface area contributed by atoms with Crippen molar-refractivity contribution in [2.45, 2.75) is 79.5 Å². The molecule has 0 saturated carbocycles. The molecule has 160 valence electrons. The highest BCUT2D eigenvalue weighted by atomic mass is 32.1. The Morgan fingerprint density at radius 2 is 1.89 bits per heavy atom. The summed E-state index contributed by atoms with van der Waals surface area (Å²) in [4.78, 5) is 23.6. The number of nitrogens with one attached hydrogen (secondary N) is 1. The molecule has 1 aliphatic heterocycles. The number of thiazole rings is 1. The number of aromatic nitrogens is 1. The SMILES string of the molecule is CC(C)(C)OC=O.CC1=C(C)[C@H](c2nccs2)NC1CC(C)C.COC(C)=O. The normalized spacial score (nSPS) is 18.6. The number of nitrogens with zero attached hydrogens (tertiary/aromatic N) is 1. The van der Waals surface area contributed by atoms with Crippen LogP contribution < -0.4 is 5.32 Å². The molecule has 0 amide bonds. The minimum Gasteiger partial charge on any atom is -0.469 e. The van der Waals surface area contributed by atoms with Gasteiger partial charge in [-0.15, -0.1) is 11.3 Å². The molecule has 0 aromatic carbocycles. The first-order valence-corrected chi connectivity index (χ1v) is 10.3. The highest BCUT2D eigenvalue weighted by Gasteiger charge is 2.30. The van der Waals surface area contributed by atoms with Crippen molar-refractivity contribution in [1.82, 2.24) is 10.3 Å². The predicted molar refractivity (Wildman–Crippen MR) is 114 cm³/mol. The maximum atomic E-state index is 9.60. The summed E-state index contributed by atoms with van der Waals surface area (Å²) < 4.78 is 8.66. The van der Waals surface area contributed by atoms with Crippen LogP contribution in [0.3, 0.4) is 0 Å². The predicted octanol–water partition coefficient (Wildman–Crippen LogP) is 4.68. The zero-order valence-electron chi connectivity index (χ0n) is 18.7. The van der Waals surface area contributed by atoms with E-state index in [2.05, 4.69) is 52.8 Å². The summed E-state index contributed by atoms with van der Waals surface area (Å²) in [7, 11) is 1.35. The van der Waals surface area contributed by atoms with Gasteiger partial charge < -0.3 is 9.47 Å². The smallest absolute Gasteiger partial charge is 0.302 e. The third kappa shape index (κ3) is 10.6. The summed E-state index contributed by atoms with van der Waals surface area (Å²) in [5.74, 6) is 0.486. The first-order chi connectivity index (χ1) is 12.9. The maximum Gasteiger partial charge on any atom is 0.302 e. The number of hydrogen-bond acceptors (Lipinski definition) is 7. The van der Waals surface area contributed by atoms with Gasteiger partial charge in [0.1, 0.15) is 10.6 Å². The molecule has 0 aliphatic carbocycles. The van der Waals surface area contributed by atoms with E-state index in [1.54, 1.807) is 11.3 Å². The van der Waals surface area contributed by atoms with E-state index in [1.165, 1.54) is 36.6 Å². The number of carbonyl (C=O) groups is 2. The Kier molecular flexibility index (Phi) is 11.9. The molecule has 1 unspecified atom stereocenters. The third-order valence-corrected chi connectivity index (χ3v) is 4.88. The van der Waals surface area contributed by atoms with Gasteiger partial charge in [0.2, 0.25) is 0 Å². The molecule has 2 rings (SSSR count). The van der Waals surface area contributed by atoms with E-state index < -0.39 is 0 Å². The van der Waals surface area contributed by atoms with Crippen LogP contribution in [0.15, 0.2) is 22.7 Å². The zero-order valence-corrected chi connectivity index (χ0v) is 19.5. The van der Waals surface area contributed by atoms with Crippen LogP contribution in [0.4, 0.5) is 0 Å². The average molecular weight is 413 g/mol. The highest BCUT2D eigenvalue weighted by molar-refractivity contribution is 7.09. The van der Waals surface area contributed by atoms with Gasteiger partial charge >= 0.3 is 5.97 Å². The summed E-state index contributed by atoms with van der Waals surface area (Å²) in [6, 6.07) is 0.887. The fraction of sp³-hybridized carbons (Fsp3) is 0.667. The molecule has 2 heterocycles. The first kappa shape index (κ1) is 26.3. The summed E-state index contributed by atoms with van der Waals surface area (Å²) >= 11 is 1.74. The number of methoxy groups -OCH3 is 1. The molecule has 1 aliphatic rings. The molecule has 28 heavy (non-hydrogen) atoms. The number of rotatable bonds is 4. The largest absolute Gasteiger partial charge is 0.469 e. The van der Waals surface area contributed by atoms with Crippen molar-refractivity contribution in [3.05, 3.63) is 27.7 Å². The van der Waals surface area contributed by atoms with Crippen molar-refractivity contribution < 1.29 is 19.1 Å². The van der Waals surface area contributed by atoms with Gasteiger partial charge in [0.25, 0.3) is 6.47 Å². The van der Waals surface area contributed by atoms with Crippen LogP contribution in [0.25, 0.3) is 0 Å². The molecule has 0 spiro atoms. The Morgan fingerprint density at radius 3 is 2.21 bits per heavy atom. The van der Waals surface area contributed by atoms with Crippen molar-refractivity contribution in [1.29, 1.82) is 0 Å². The number of hydrogen-bond donors (Lipinski definition) is 1. The van der Waals surface area contributed by atoms with E-state index >= 15 is 0 Å². The van der Waals surface area contributed by atoms with Crippen molar-refractivity contribution in [2.75, 3.05) is 7.11 Å². The maximum absolute atomic E-state index is 9.60. The lowest BCUT2D eigenvalue weighted by atomic mass is 9.98. The topological polar surface area (TPSA) is 77.5 Å². The molecule has 1 aromatic rings. The van der Waals surface area contributed by atoms with Gasteiger partial charge in [-0.1, -0.05) is 19.4 Å². The lowest BCUT2D eigenvalue weighted by Gasteiger charge is -2.17. The fourth-order valence-corrected chi connectivity index (χ4v) is 3.21. The van der Waals surface area contributed by atoms with Crippen LogP contribution in [0.5, 0.6) is 0 Å². The van der Waals surface area contributed by atoms with Crippen LogP contribution in [-0.4, -0.2) is 36.2 Å². The van der Waals surface area contributed by atoms with Crippen LogP contribution in [0.2, 0.25) is 0 Å². The minimum atomic E-state index is -0.318. The molecule has 6 nitrogen and oxygen atoms in total. The van der Waals surface area contributed by atoms with E-state index in [1.807, 2.05) is 27.0 Å². The number of ether oxygens (including phenoxy) is 2. The fourth-order valence-electron chi connectivity index (χ4n) is 2.45. The lowest BCUT2D eigenvalue weighted by Crippen LogP contribution is -2.28. The highest BCUT2D eigenvalue weighted by Crippen LogP contribution is 2.34. The molecular formula is C21H36N2O4S.